The molecule has 0 amide bonds. The minimum atomic E-state index is -0.0598. The molecule has 1 aromatic heterocycles. The molecule has 1 aliphatic rings. The second-order valence-corrected chi connectivity index (χ2v) is 10.3. The summed E-state index contributed by atoms with van der Waals surface area (Å²) in [4.78, 5) is 16.8. The summed E-state index contributed by atoms with van der Waals surface area (Å²) in [6, 6.07) is 18.6. The number of aromatic nitrogens is 3. The highest BCUT2D eigenvalue weighted by Crippen LogP contribution is 2.27. The molecule has 0 spiro atoms. The van der Waals surface area contributed by atoms with Crippen LogP contribution in [-0.2, 0) is 17.8 Å². The normalized spacial score (nSPS) is 15.3. The van der Waals surface area contributed by atoms with Gasteiger partial charge in [-0.05, 0) is 61.2 Å². The Hall–Kier alpha value is -2.31. The number of nitrogens with zero attached hydrogens (tertiary/aromatic N) is 4. The Kier molecular flexibility index (Phi) is 6.68. The summed E-state index contributed by atoms with van der Waals surface area (Å²) < 4.78 is 3.40. The number of hydrogen-bond acceptors (Lipinski definition) is 4. The molecule has 3 aromatic rings. The van der Waals surface area contributed by atoms with E-state index >= 15 is 0 Å². The van der Waals surface area contributed by atoms with Crippen molar-refractivity contribution in [2.75, 3.05) is 13.1 Å². The van der Waals surface area contributed by atoms with Crippen molar-refractivity contribution in [3.63, 3.8) is 0 Å². The minimum absolute atomic E-state index is 0.0598. The standard InChI is InChI=1S/C25H32N4OS/c1-25(2,3)20-12-14-22(15-13-20)31-18-23-26-28(19-27-16-8-5-9-17-27)24(30)29(23)21-10-6-4-7-11-21/h4,6-7,10-15H,5,8-9,16-19H2,1-3H3. The Morgan fingerprint density at radius 1 is 0.935 bits per heavy atom. The number of piperidine rings is 1. The van der Waals surface area contributed by atoms with Gasteiger partial charge in [-0.1, -0.05) is 57.5 Å². The first-order valence-electron chi connectivity index (χ1n) is 11.1. The Morgan fingerprint density at radius 3 is 2.26 bits per heavy atom. The van der Waals surface area contributed by atoms with E-state index < -0.39 is 0 Å². The molecule has 2 heterocycles. The van der Waals surface area contributed by atoms with Crippen LogP contribution in [0.25, 0.3) is 5.69 Å². The van der Waals surface area contributed by atoms with Gasteiger partial charge in [-0.2, -0.15) is 9.78 Å². The largest absolute Gasteiger partial charge is 0.351 e. The number of para-hydroxylation sites is 1. The Labute approximate surface area is 189 Å². The van der Waals surface area contributed by atoms with E-state index in [1.807, 2.05) is 30.3 Å². The van der Waals surface area contributed by atoms with Crippen molar-refractivity contribution in [2.24, 2.45) is 0 Å². The van der Waals surface area contributed by atoms with Gasteiger partial charge in [-0.25, -0.2) is 9.36 Å². The number of rotatable bonds is 6. The van der Waals surface area contributed by atoms with E-state index in [0.717, 1.165) is 24.6 Å². The highest BCUT2D eigenvalue weighted by atomic mass is 32.2. The number of likely N-dealkylation sites (tertiary alicyclic amines) is 1. The Balaban J connectivity index is 1.58. The van der Waals surface area contributed by atoms with Crippen molar-refractivity contribution in [3.05, 3.63) is 76.5 Å². The van der Waals surface area contributed by atoms with Crippen LogP contribution in [0.15, 0.2) is 64.3 Å². The van der Waals surface area contributed by atoms with Crippen LogP contribution in [0, 0.1) is 0 Å². The first-order chi connectivity index (χ1) is 14.9. The van der Waals surface area contributed by atoms with E-state index in [1.54, 1.807) is 21.0 Å². The van der Waals surface area contributed by atoms with Crippen LogP contribution >= 0.6 is 11.8 Å². The highest BCUT2D eigenvalue weighted by molar-refractivity contribution is 7.98. The molecule has 0 bridgehead atoms. The first-order valence-corrected chi connectivity index (χ1v) is 12.1. The molecule has 31 heavy (non-hydrogen) atoms. The molecular weight excluding hydrogens is 404 g/mol. The summed E-state index contributed by atoms with van der Waals surface area (Å²) in [6.07, 6.45) is 3.67. The third-order valence-electron chi connectivity index (χ3n) is 5.79. The van der Waals surface area contributed by atoms with E-state index in [-0.39, 0.29) is 11.1 Å². The smallest absolute Gasteiger partial charge is 0.284 e. The van der Waals surface area contributed by atoms with Crippen LogP contribution in [0.4, 0.5) is 0 Å². The topological polar surface area (TPSA) is 43.1 Å². The molecule has 0 atom stereocenters. The molecule has 1 saturated heterocycles. The summed E-state index contributed by atoms with van der Waals surface area (Å²) in [5.41, 5.74) is 2.28. The molecule has 0 unspecified atom stereocenters. The molecule has 4 rings (SSSR count). The summed E-state index contributed by atoms with van der Waals surface area (Å²) in [7, 11) is 0. The number of thioether (sulfide) groups is 1. The van der Waals surface area contributed by atoms with E-state index in [0.29, 0.717) is 12.4 Å². The van der Waals surface area contributed by atoms with Crippen molar-refractivity contribution in [1.82, 2.24) is 19.2 Å². The van der Waals surface area contributed by atoms with Gasteiger partial charge in [-0.15, -0.1) is 11.8 Å². The van der Waals surface area contributed by atoms with Crippen LogP contribution in [0.2, 0.25) is 0 Å². The van der Waals surface area contributed by atoms with E-state index in [1.165, 1.54) is 29.7 Å². The molecule has 1 aliphatic heterocycles. The van der Waals surface area contributed by atoms with Gasteiger partial charge in [-0.3, -0.25) is 4.90 Å². The summed E-state index contributed by atoms with van der Waals surface area (Å²) in [5, 5.41) is 4.76. The monoisotopic (exact) mass is 436 g/mol. The van der Waals surface area contributed by atoms with Crippen molar-refractivity contribution in [2.45, 2.75) is 62.8 Å². The third kappa shape index (κ3) is 5.31. The molecule has 0 radical (unpaired) electrons. The average molecular weight is 437 g/mol. The molecule has 6 heteroatoms. The van der Waals surface area contributed by atoms with Crippen molar-refractivity contribution < 1.29 is 0 Å². The van der Waals surface area contributed by atoms with E-state index in [4.69, 9.17) is 5.10 Å². The molecule has 164 valence electrons. The first kappa shape index (κ1) is 21.9. The van der Waals surface area contributed by atoms with Gasteiger partial charge < -0.3 is 0 Å². The zero-order valence-electron chi connectivity index (χ0n) is 18.8. The third-order valence-corrected chi connectivity index (χ3v) is 6.80. The van der Waals surface area contributed by atoms with Gasteiger partial charge >= 0.3 is 5.69 Å². The SMILES string of the molecule is CC(C)(C)c1ccc(SCc2nn(CN3CCCCC3)c(=O)n2-c2ccccc2)cc1. The molecule has 0 N–H and O–H groups in total. The zero-order valence-corrected chi connectivity index (χ0v) is 19.6. The predicted octanol–water partition coefficient (Wildman–Crippen LogP) is 5.07. The maximum Gasteiger partial charge on any atom is 0.351 e. The zero-order chi connectivity index (χ0) is 21.8. The van der Waals surface area contributed by atoms with Gasteiger partial charge in [0.05, 0.1) is 18.1 Å². The second kappa shape index (κ2) is 9.45. The predicted molar refractivity (Wildman–Crippen MR) is 128 cm³/mol. The van der Waals surface area contributed by atoms with Crippen LogP contribution in [0.1, 0.15) is 51.4 Å². The van der Waals surface area contributed by atoms with Crippen molar-refractivity contribution in [1.29, 1.82) is 0 Å². The molecule has 1 fully saturated rings. The molecule has 0 saturated carbocycles. The van der Waals surface area contributed by atoms with Gasteiger partial charge in [0.1, 0.15) is 5.82 Å². The fourth-order valence-electron chi connectivity index (χ4n) is 3.96. The minimum Gasteiger partial charge on any atom is -0.284 e. The highest BCUT2D eigenvalue weighted by Gasteiger charge is 2.19. The summed E-state index contributed by atoms with van der Waals surface area (Å²) in [5.74, 6) is 1.43. The lowest BCUT2D eigenvalue weighted by molar-refractivity contribution is 0.170. The van der Waals surface area contributed by atoms with Gasteiger partial charge in [0, 0.05) is 4.90 Å². The van der Waals surface area contributed by atoms with Crippen molar-refractivity contribution >= 4 is 11.8 Å². The van der Waals surface area contributed by atoms with Crippen LogP contribution in [0.3, 0.4) is 0 Å². The molecule has 5 nitrogen and oxygen atoms in total. The Bertz CT molecular complexity index is 1040. The lowest BCUT2D eigenvalue weighted by atomic mass is 9.87. The maximum absolute atomic E-state index is 13.3. The summed E-state index contributed by atoms with van der Waals surface area (Å²) in [6.45, 7) is 9.31. The van der Waals surface area contributed by atoms with Gasteiger partial charge in [0.15, 0.2) is 0 Å². The fourth-order valence-corrected chi connectivity index (χ4v) is 4.78. The van der Waals surface area contributed by atoms with Crippen LogP contribution in [-0.4, -0.2) is 32.3 Å². The van der Waals surface area contributed by atoms with Crippen molar-refractivity contribution in [3.8, 4) is 5.69 Å². The molecular formula is C25H32N4OS. The van der Waals surface area contributed by atoms with Gasteiger partial charge in [0.2, 0.25) is 0 Å². The lowest BCUT2D eigenvalue weighted by Crippen LogP contribution is -2.36. The van der Waals surface area contributed by atoms with Gasteiger partial charge in [0.25, 0.3) is 0 Å². The number of benzene rings is 2. The fraction of sp³-hybridized carbons (Fsp3) is 0.440. The molecule has 0 aliphatic carbocycles. The van der Waals surface area contributed by atoms with Crippen LogP contribution in [0.5, 0.6) is 0 Å². The molecule has 2 aromatic carbocycles. The maximum atomic E-state index is 13.3. The summed E-state index contributed by atoms with van der Waals surface area (Å²) >= 11 is 1.72. The quantitative estimate of drug-likeness (QED) is 0.506. The second-order valence-electron chi connectivity index (χ2n) is 9.25. The van der Waals surface area contributed by atoms with E-state index in [2.05, 4.69) is 49.9 Å². The Morgan fingerprint density at radius 2 is 1.61 bits per heavy atom. The van der Waals surface area contributed by atoms with Crippen LogP contribution < -0.4 is 5.69 Å². The number of hydrogen-bond donors (Lipinski definition) is 0. The lowest BCUT2D eigenvalue weighted by Gasteiger charge is -2.25. The average Bonchev–Trinajstić information content (AvgIpc) is 3.08. The van der Waals surface area contributed by atoms with E-state index in [9.17, 15) is 4.79 Å².